The van der Waals surface area contributed by atoms with E-state index in [1.54, 1.807) is 30.5 Å². The molecule has 1 aliphatic heterocycles. The van der Waals surface area contributed by atoms with Crippen molar-refractivity contribution in [3.05, 3.63) is 108 Å². The van der Waals surface area contributed by atoms with Gasteiger partial charge in [-0.05, 0) is 67.3 Å². The van der Waals surface area contributed by atoms with Crippen molar-refractivity contribution in [1.82, 2.24) is 36.5 Å². The van der Waals surface area contributed by atoms with E-state index in [2.05, 4.69) is 31.6 Å². The Labute approximate surface area is 385 Å². The lowest BCUT2D eigenvalue weighted by atomic mass is 9.84. The normalized spacial score (nSPS) is 17.4. The van der Waals surface area contributed by atoms with Crippen LogP contribution in [0.3, 0.4) is 0 Å². The van der Waals surface area contributed by atoms with Gasteiger partial charge in [-0.3, -0.25) is 28.8 Å². The molecule has 2 aliphatic rings. The predicted octanol–water partition coefficient (Wildman–Crippen LogP) is 3.42. The van der Waals surface area contributed by atoms with E-state index < -0.39 is 77.7 Å². The number of nitrogens with zero attached hydrogens (tertiary/aromatic N) is 1. The van der Waals surface area contributed by atoms with Crippen molar-refractivity contribution < 1.29 is 38.7 Å². The molecular weight excluding hydrogens is 841 g/mol. The van der Waals surface area contributed by atoms with Crippen LogP contribution in [0.15, 0.2) is 91.1 Å². The Morgan fingerprint density at radius 2 is 1.24 bits per heavy atom. The first kappa shape index (κ1) is 48.9. The van der Waals surface area contributed by atoms with E-state index in [4.69, 9.17) is 5.73 Å². The molecule has 16 heteroatoms. The summed E-state index contributed by atoms with van der Waals surface area (Å²) in [7, 11) is 0. The lowest BCUT2D eigenvalue weighted by molar-refractivity contribution is -0.143. The molecule has 3 aromatic carbocycles. The second-order valence-electron chi connectivity index (χ2n) is 17.6. The number of rotatable bonds is 22. The second kappa shape index (κ2) is 24.1. The molecule has 6 rings (SSSR count). The molecule has 1 saturated heterocycles. The number of aromatic nitrogens is 1. The standard InChI is InChI=1S/C50H64N8O8/c1-32(59)53-40(27-33-15-5-2-6-16-33)45(60)54-39(23-13-25-51)49(64)58-26-14-24-44(58)48(63)56-41(28-34-17-7-3-8-18-34)46(61)55-42(30-36-31-52-38-22-12-11-21-37(36)38)47(62)57-43(50(65)66)29-35-19-9-4-10-20-35/h2,4-6,9-12,15-16,19-22,31,34,39-44,52H,3,7-8,13-14,17-18,23-30,51H2,1H3,(H,53,59)(H,54,60)(H,55,61)(H,56,63)(H,57,62)(H,65,66)/t39-,40-,41-,42-,43-,44-/m0/s1. The van der Waals surface area contributed by atoms with Crippen LogP contribution in [0.25, 0.3) is 10.9 Å². The molecular formula is C50H64N8O8. The van der Waals surface area contributed by atoms with Crippen LogP contribution < -0.4 is 32.3 Å². The molecule has 16 nitrogen and oxygen atoms in total. The monoisotopic (exact) mass is 904 g/mol. The van der Waals surface area contributed by atoms with Gasteiger partial charge in [-0.15, -0.1) is 0 Å². The summed E-state index contributed by atoms with van der Waals surface area (Å²) in [5.74, 6) is -4.37. The van der Waals surface area contributed by atoms with E-state index in [0.29, 0.717) is 31.2 Å². The average molecular weight is 905 g/mol. The molecule has 2 heterocycles. The van der Waals surface area contributed by atoms with Crippen molar-refractivity contribution in [1.29, 1.82) is 0 Å². The number of carbonyl (C=O) groups excluding carboxylic acids is 6. The number of amides is 6. The number of benzene rings is 3. The zero-order valence-electron chi connectivity index (χ0n) is 37.6. The van der Waals surface area contributed by atoms with Gasteiger partial charge in [0.05, 0.1) is 0 Å². The third kappa shape index (κ3) is 13.7. The Bertz CT molecular complexity index is 2280. The summed E-state index contributed by atoms with van der Waals surface area (Å²) in [6.45, 7) is 1.81. The van der Waals surface area contributed by atoms with E-state index in [-0.39, 0.29) is 44.7 Å². The number of carbonyl (C=O) groups is 7. The number of aliphatic carboxylic acids is 1. The number of para-hydroxylation sites is 1. The van der Waals surface area contributed by atoms with E-state index in [0.717, 1.165) is 54.1 Å². The highest BCUT2D eigenvalue weighted by Gasteiger charge is 2.40. The lowest BCUT2D eigenvalue weighted by Crippen LogP contribution is -2.59. The zero-order valence-corrected chi connectivity index (χ0v) is 37.6. The number of nitrogens with two attached hydrogens (primary N) is 1. The molecule has 9 N–H and O–H groups in total. The van der Waals surface area contributed by atoms with Crippen molar-refractivity contribution >= 4 is 52.3 Å². The number of hydrogen-bond donors (Lipinski definition) is 8. The van der Waals surface area contributed by atoms with Gasteiger partial charge in [-0.25, -0.2) is 4.79 Å². The van der Waals surface area contributed by atoms with Crippen LogP contribution in [0.4, 0.5) is 0 Å². The van der Waals surface area contributed by atoms with Crippen LogP contribution in [-0.4, -0.2) is 106 Å². The Hall–Kier alpha value is -6.55. The molecule has 0 unspecified atom stereocenters. The molecule has 0 bridgehead atoms. The number of hydrogen-bond acceptors (Lipinski definition) is 8. The van der Waals surface area contributed by atoms with Gasteiger partial charge in [0.15, 0.2) is 0 Å². The number of likely N-dealkylation sites (tertiary alicyclic amines) is 1. The number of aromatic amines is 1. The fourth-order valence-electron chi connectivity index (χ4n) is 9.24. The van der Waals surface area contributed by atoms with Crippen LogP contribution in [0, 0.1) is 5.92 Å². The third-order valence-corrected chi connectivity index (χ3v) is 12.7. The molecule has 2 fully saturated rings. The molecule has 352 valence electrons. The first-order valence-corrected chi connectivity index (χ1v) is 23.2. The van der Waals surface area contributed by atoms with Gasteiger partial charge < -0.3 is 47.3 Å². The van der Waals surface area contributed by atoms with Gasteiger partial charge >= 0.3 is 5.97 Å². The van der Waals surface area contributed by atoms with E-state index in [1.807, 2.05) is 60.7 Å². The van der Waals surface area contributed by atoms with Crippen molar-refractivity contribution in [3.63, 3.8) is 0 Å². The van der Waals surface area contributed by atoms with Gasteiger partial charge in [0, 0.05) is 49.8 Å². The Morgan fingerprint density at radius 1 is 0.667 bits per heavy atom. The second-order valence-corrected chi connectivity index (χ2v) is 17.6. The van der Waals surface area contributed by atoms with E-state index in [1.165, 1.54) is 11.8 Å². The van der Waals surface area contributed by atoms with Crippen LogP contribution in [0.5, 0.6) is 0 Å². The highest BCUT2D eigenvalue weighted by Crippen LogP contribution is 2.28. The van der Waals surface area contributed by atoms with E-state index >= 15 is 0 Å². The molecule has 4 aromatic rings. The summed E-state index contributed by atoms with van der Waals surface area (Å²) < 4.78 is 0. The minimum absolute atomic E-state index is 0.0208. The summed E-state index contributed by atoms with van der Waals surface area (Å²) in [6.07, 6.45) is 8.47. The maximum Gasteiger partial charge on any atom is 0.326 e. The maximum absolute atomic E-state index is 14.6. The summed E-state index contributed by atoms with van der Waals surface area (Å²) in [6, 6.07) is 19.1. The Morgan fingerprint density at radius 3 is 1.88 bits per heavy atom. The summed E-state index contributed by atoms with van der Waals surface area (Å²) in [5, 5.41) is 25.1. The van der Waals surface area contributed by atoms with Crippen molar-refractivity contribution in [2.24, 2.45) is 11.7 Å². The SMILES string of the molecule is CC(=O)N[C@@H](Cc1ccccc1)C(=O)N[C@@H](CCCN)C(=O)N1CCC[C@H]1C(=O)N[C@@H](CC1CCCCC1)C(=O)N[C@@H](Cc1c[nH]c2ccccc12)C(=O)N[C@@H](Cc1ccccc1)C(=O)O. The first-order valence-electron chi connectivity index (χ1n) is 23.2. The maximum atomic E-state index is 14.6. The smallest absolute Gasteiger partial charge is 0.326 e. The number of H-pyrrole nitrogens is 1. The van der Waals surface area contributed by atoms with Gasteiger partial charge in [0.1, 0.15) is 36.3 Å². The average Bonchev–Trinajstić information content (AvgIpc) is 3.98. The molecule has 0 radical (unpaired) electrons. The van der Waals surface area contributed by atoms with Gasteiger partial charge in [-0.1, -0.05) is 111 Å². The minimum Gasteiger partial charge on any atom is -0.480 e. The number of fused-ring (bicyclic) bond motifs is 1. The molecule has 6 amide bonds. The van der Waals surface area contributed by atoms with Crippen molar-refractivity contribution in [2.45, 2.75) is 127 Å². The topological polar surface area (TPSA) is 245 Å². The Kier molecular flexibility index (Phi) is 17.9. The van der Waals surface area contributed by atoms with Gasteiger partial charge in [0.25, 0.3) is 0 Å². The van der Waals surface area contributed by atoms with Crippen LogP contribution in [0.1, 0.15) is 87.8 Å². The molecule has 0 spiro atoms. The molecule has 1 aromatic heterocycles. The predicted molar refractivity (Wildman–Crippen MR) is 249 cm³/mol. The van der Waals surface area contributed by atoms with Crippen LogP contribution >= 0.6 is 0 Å². The number of nitrogens with one attached hydrogen (secondary N) is 6. The minimum atomic E-state index is -1.29. The summed E-state index contributed by atoms with van der Waals surface area (Å²) in [5.41, 5.74) is 8.94. The van der Waals surface area contributed by atoms with Crippen molar-refractivity contribution in [2.75, 3.05) is 13.1 Å². The highest BCUT2D eigenvalue weighted by atomic mass is 16.4. The summed E-state index contributed by atoms with van der Waals surface area (Å²) in [4.78, 5) is 101. The number of carboxylic acid groups (broad SMARTS) is 1. The highest BCUT2D eigenvalue weighted by molar-refractivity contribution is 5.97. The van der Waals surface area contributed by atoms with Crippen molar-refractivity contribution in [3.8, 4) is 0 Å². The largest absolute Gasteiger partial charge is 0.480 e. The molecule has 66 heavy (non-hydrogen) atoms. The van der Waals surface area contributed by atoms with Gasteiger partial charge in [-0.2, -0.15) is 0 Å². The van der Waals surface area contributed by atoms with Gasteiger partial charge in [0.2, 0.25) is 35.4 Å². The lowest BCUT2D eigenvalue weighted by Gasteiger charge is -2.32. The fourth-order valence-corrected chi connectivity index (χ4v) is 9.24. The fraction of sp³-hybridized carbons (Fsp3) is 0.460. The zero-order chi connectivity index (χ0) is 47.0. The quantitative estimate of drug-likeness (QED) is 0.0575. The van der Waals surface area contributed by atoms with E-state index in [9.17, 15) is 38.7 Å². The van der Waals surface area contributed by atoms with Crippen LogP contribution in [0.2, 0.25) is 0 Å². The molecule has 1 saturated carbocycles. The van der Waals surface area contributed by atoms with Crippen LogP contribution in [-0.2, 0) is 52.8 Å². The first-order chi connectivity index (χ1) is 31.9. The number of carboxylic acids is 1. The molecule has 1 aliphatic carbocycles. The third-order valence-electron chi connectivity index (χ3n) is 12.7. The Balaban J connectivity index is 1.21. The summed E-state index contributed by atoms with van der Waals surface area (Å²) >= 11 is 0. The molecule has 6 atom stereocenters.